The van der Waals surface area contributed by atoms with Crippen molar-refractivity contribution in [2.24, 2.45) is 0 Å². The van der Waals surface area contributed by atoms with Crippen molar-refractivity contribution in [1.82, 2.24) is 14.8 Å². The molecular formula is C25H19N3O. The molecule has 0 bridgehead atoms. The summed E-state index contributed by atoms with van der Waals surface area (Å²) in [5.41, 5.74) is 6.41. The third kappa shape index (κ3) is 2.32. The van der Waals surface area contributed by atoms with Gasteiger partial charge in [0, 0.05) is 22.9 Å². The van der Waals surface area contributed by atoms with Gasteiger partial charge in [0.1, 0.15) is 5.75 Å². The van der Waals surface area contributed by atoms with Crippen molar-refractivity contribution in [3.63, 3.8) is 0 Å². The lowest BCUT2D eigenvalue weighted by Crippen LogP contribution is -2.08. The maximum atomic E-state index is 6.32. The third-order valence-corrected chi connectivity index (χ3v) is 5.89. The second kappa shape index (κ2) is 5.92. The molecule has 3 heterocycles. The van der Waals surface area contributed by atoms with Crippen molar-refractivity contribution in [3.05, 3.63) is 89.1 Å². The molecule has 0 N–H and O–H groups in total. The van der Waals surface area contributed by atoms with Gasteiger partial charge in [-0.25, -0.2) is 4.68 Å². The van der Waals surface area contributed by atoms with E-state index in [0.29, 0.717) is 5.88 Å². The van der Waals surface area contributed by atoms with Crippen LogP contribution in [0.25, 0.3) is 27.5 Å². The molecule has 0 amide bonds. The molecule has 1 aliphatic heterocycles. The number of aromatic nitrogens is 3. The van der Waals surface area contributed by atoms with Gasteiger partial charge in [0.25, 0.3) is 0 Å². The minimum atomic E-state index is 0.690. The third-order valence-electron chi connectivity index (χ3n) is 5.89. The highest BCUT2D eigenvalue weighted by Crippen LogP contribution is 2.42. The Morgan fingerprint density at radius 2 is 1.66 bits per heavy atom. The van der Waals surface area contributed by atoms with Crippen LogP contribution in [0.15, 0.2) is 66.7 Å². The Bertz CT molecular complexity index is 1420. The lowest BCUT2D eigenvalue weighted by atomic mass is 9.93. The Balaban J connectivity index is 1.60. The summed E-state index contributed by atoms with van der Waals surface area (Å²) < 4.78 is 8.24. The molecule has 3 aromatic carbocycles. The SMILES string of the molecule is Cc1nn(-c2ccccc2)c2nc3c(c(C)c12)Cc1c(ccc2ccccc12)O3. The van der Waals surface area contributed by atoms with Crippen molar-refractivity contribution >= 4 is 21.8 Å². The predicted octanol–water partition coefficient (Wildman–Crippen LogP) is 5.89. The molecule has 0 unspecified atom stereocenters. The molecule has 0 spiro atoms. The molecule has 0 aliphatic carbocycles. The van der Waals surface area contributed by atoms with E-state index in [1.807, 2.05) is 35.0 Å². The minimum absolute atomic E-state index is 0.690. The van der Waals surface area contributed by atoms with Crippen molar-refractivity contribution in [2.45, 2.75) is 20.3 Å². The number of hydrogen-bond donors (Lipinski definition) is 0. The Hall–Kier alpha value is -3.66. The van der Waals surface area contributed by atoms with E-state index in [0.717, 1.165) is 40.1 Å². The van der Waals surface area contributed by atoms with E-state index in [1.54, 1.807) is 0 Å². The fraction of sp³-hybridized carbons (Fsp3) is 0.120. The Kier molecular flexibility index (Phi) is 3.33. The molecule has 5 aromatic rings. The lowest BCUT2D eigenvalue weighted by molar-refractivity contribution is 0.443. The normalized spacial score (nSPS) is 12.6. The summed E-state index contributed by atoms with van der Waals surface area (Å²) in [5, 5.41) is 8.38. The van der Waals surface area contributed by atoms with Gasteiger partial charge in [-0.2, -0.15) is 10.1 Å². The summed E-state index contributed by atoms with van der Waals surface area (Å²) in [6, 6.07) is 22.8. The number of pyridine rings is 1. The maximum Gasteiger partial charge on any atom is 0.225 e. The number of rotatable bonds is 1. The average Bonchev–Trinajstić information content (AvgIpc) is 3.10. The topological polar surface area (TPSA) is 39.9 Å². The first kappa shape index (κ1) is 16.3. The van der Waals surface area contributed by atoms with E-state index in [9.17, 15) is 0 Å². The number of ether oxygens (including phenoxy) is 1. The van der Waals surface area contributed by atoms with Crippen LogP contribution in [-0.4, -0.2) is 14.8 Å². The Morgan fingerprint density at radius 1 is 0.862 bits per heavy atom. The van der Waals surface area contributed by atoms with Gasteiger partial charge in [-0.1, -0.05) is 48.5 Å². The second-order valence-corrected chi connectivity index (χ2v) is 7.59. The molecule has 0 saturated heterocycles. The van der Waals surface area contributed by atoms with Crippen LogP contribution in [0.3, 0.4) is 0 Å². The minimum Gasteiger partial charge on any atom is -0.438 e. The van der Waals surface area contributed by atoms with Crippen LogP contribution >= 0.6 is 0 Å². The quantitative estimate of drug-likeness (QED) is 0.359. The Labute approximate surface area is 168 Å². The molecule has 140 valence electrons. The fourth-order valence-electron chi connectivity index (χ4n) is 4.45. The predicted molar refractivity (Wildman–Crippen MR) is 115 cm³/mol. The maximum absolute atomic E-state index is 6.32. The molecule has 0 fully saturated rings. The van der Waals surface area contributed by atoms with Gasteiger partial charge in [0.15, 0.2) is 5.65 Å². The van der Waals surface area contributed by atoms with E-state index >= 15 is 0 Å². The van der Waals surface area contributed by atoms with Crippen LogP contribution in [0.4, 0.5) is 0 Å². The van der Waals surface area contributed by atoms with E-state index < -0.39 is 0 Å². The monoisotopic (exact) mass is 377 g/mol. The zero-order valence-electron chi connectivity index (χ0n) is 16.3. The number of fused-ring (bicyclic) bond motifs is 5. The standard InChI is InChI=1S/C25H19N3O/c1-15-20-14-21-19-11-7-6-8-17(19)12-13-22(21)29-25(20)26-24-23(15)16(2)27-28(24)18-9-4-3-5-10-18/h3-13H,14H2,1-2H3. The molecule has 4 heteroatoms. The molecular weight excluding hydrogens is 358 g/mol. The largest absolute Gasteiger partial charge is 0.438 e. The van der Waals surface area contributed by atoms with Gasteiger partial charge >= 0.3 is 0 Å². The molecule has 6 rings (SSSR count). The van der Waals surface area contributed by atoms with Gasteiger partial charge < -0.3 is 4.74 Å². The van der Waals surface area contributed by atoms with Gasteiger partial charge in [0.2, 0.25) is 5.88 Å². The first-order valence-electron chi connectivity index (χ1n) is 9.83. The van der Waals surface area contributed by atoms with Crippen LogP contribution in [0.2, 0.25) is 0 Å². The first-order valence-corrected chi connectivity index (χ1v) is 9.83. The molecule has 0 atom stereocenters. The molecule has 1 aliphatic rings. The molecule has 4 nitrogen and oxygen atoms in total. The van der Waals surface area contributed by atoms with Crippen LogP contribution in [0.5, 0.6) is 11.6 Å². The summed E-state index contributed by atoms with van der Waals surface area (Å²) in [5.74, 6) is 1.58. The summed E-state index contributed by atoms with van der Waals surface area (Å²) in [6.07, 6.45) is 0.816. The number of aryl methyl sites for hydroxylation is 2. The van der Waals surface area contributed by atoms with E-state index in [4.69, 9.17) is 14.8 Å². The van der Waals surface area contributed by atoms with Crippen LogP contribution in [-0.2, 0) is 6.42 Å². The van der Waals surface area contributed by atoms with Crippen molar-refractivity contribution in [2.75, 3.05) is 0 Å². The summed E-state index contributed by atoms with van der Waals surface area (Å²) in [4.78, 5) is 4.93. The molecule has 0 saturated carbocycles. The second-order valence-electron chi connectivity index (χ2n) is 7.59. The number of hydrogen-bond acceptors (Lipinski definition) is 3. The summed E-state index contributed by atoms with van der Waals surface area (Å²) in [7, 11) is 0. The van der Waals surface area contributed by atoms with E-state index in [2.05, 4.69) is 50.2 Å². The van der Waals surface area contributed by atoms with E-state index in [-0.39, 0.29) is 0 Å². The first-order chi connectivity index (χ1) is 14.2. The Morgan fingerprint density at radius 3 is 2.52 bits per heavy atom. The van der Waals surface area contributed by atoms with Crippen molar-refractivity contribution in [3.8, 4) is 17.3 Å². The highest BCUT2D eigenvalue weighted by atomic mass is 16.5. The van der Waals surface area contributed by atoms with E-state index in [1.165, 1.54) is 21.9 Å². The fourth-order valence-corrected chi connectivity index (χ4v) is 4.45. The van der Waals surface area contributed by atoms with Crippen LogP contribution < -0.4 is 4.74 Å². The smallest absolute Gasteiger partial charge is 0.225 e. The number of benzene rings is 3. The van der Waals surface area contributed by atoms with Crippen molar-refractivity contribution < 1.29 is 4.74 Å². The zero-order chi connectivity index (χ0) is 19.5. The van der Waals surface area contributed by atoms with Crippen LogP contribution in [0.1, 0.15) is 22.4 Å². The number of nitrogens with zero attached hydrogens (tertiary/aromatic N) is 3. The highest BCUT2D eigenvalue weighted by Gasteiger charge is 2.26. The van der Waals surface area contributed by atoms with Gasteiger partial charge in [-0.05, 0) is 48.4 Å². The average molecular weight is 377 g/mol. The van der Waals surface area contributed by atoms with Gasteiger partial charge in [-0.15, -0.1) is 0 Å². The summed E-state index contributed by atoms with van der Waals surface area (Å²) in [6.45, 7) is 4.21. The van der Waals surface area contributed by atoms with Gasteiger partial charge in [-0.3, -0.25) is 0 Å². The number of para-hydroxylation sites is 1. The molecule has 29 heavy (non-hydrogen) atoms. The summed E-state index contributed by atoms with van der Waals surface area (Å²) >= 11 is 0. The van der Waals surface area contributed by atoms with Crippen LogP contribution in [0, 0.1) is 13.8 Å². The lowest BCUT2D eigenvalue weighted by Gasteiger charge is -2.23. The zero-order valence-corrected chi connectivity index (χ0v) is 16.3. The van der Waals surface area contributed by atoms with Gasteiger partial charge in [0.05, 0.1) is 11.4 Å². The highest BCUT2D eigenvalue weighted by molar-refractivity contribution is 5.90. The molecule has 0 radical (unpaired) electrons. The molecule has 2 aromatic heterocycles. The van der Waals surface area contributed by atoms with Crippen molar-refractivity contribution in [1.29, 1.82) is 0 Å².